The van der Waals surface area contributed by atoms with Crippen molar-refractivity contribution in [3.05, 3.63) is 58.1 Å². The second-order valence-electron chi connectivity index (χ2n) is 5.09. The Morgan fingerprint density at radius 1 is 1.08 bits per heavy atom. The molecular formula is C16H14BrN5O2. The van der Waals surface area contributed by atoms with Gasteiger partial charge < -0.3 is 15.2 Å². The highest BCUT2D eigenvalue weighted by Crippen LogP contribution is 2.17. The van der Waals surface area contributed by atoms with Crippen LogP contribution in [0.4, 0.5) is 17.3 Å². The number of hydrogen-bond acceptors (Lipinski definition) is 6. The molecule has 0 fully saturated rings. The van der Waals surface area contributed by atoms with Gasteiger partial charge in [-0.3, -0.25) is 4.79 Å². The summed E-state index contributed by atoms with van der Waals surface area (Å²) < 4.78 is 5.93. The molecule has 0 radical (unpaired) electrons. The summed E-state index contributed by atoms with van der Waals surface area (Å²) >= 11 is 3.35. The first-order chi connectivity index (χ1) is 11.5. The van der Waals surface area contributed by atoms with Crippen molar-refractivity contribution in [2.75, 3.05) is 10.6 Å². The lowest BCUT2D eigenvalue weighted by Gasteiger charge is -2.08. The molecular weight excluding hydrogens is 374 g/mol. The van der Waals surface area contributed by atoms with Crippen LogP contribution in [0.25, 0.3) is 0 Å². The van der Waals surface area contributed by atoms with Crippen molar-refractivity contribution in [2.45, 2.75) is 13.8 Å². The molecule has 1 aromatic carbocycles. The zero-order chi connectivity index (χ0) is 17.1. The van der Waals surface area contributed by atoms with Gasteiger partial charge in [-0.1, -0.05) is 21.1 Å². The first-order valence-corrected chi connectivity index (χ1v) is 7.92. The predicted octanol–water partition coefficient (Wildman–Crippen LogP) is 3.84. The van der Waals surface area contributed by atoms with Crippen LogP contribution in [0.5, 0.6) is 0 Å². The number of aryl methyl sites for hydroxylation is 2. The Labute approximate surface area is 146 Å². The molecule has 0 aliphatic rings. The Kier molecular flexibility index (Phi) is 4.57. The fourth-order valence-electron chi connectivity index (χ4n) is 2.03. The molecule has 24 heavy (non-hydrogen) atoms. The van der Waals surface area contributed by atoms with Gasteiger partial charge in [-0.15, -0.1) is 0 Å². The Bertz CT molecular complexity index is 876. The van der Waals surface area contributed by atoms with Gasteiger partial charge in [0.25, 0.3) is 5.91 Å². The molecule has 0 aliphatic carbocycles. The van der Waals surface area contributed by atoms with Gasteiger partial charge in [0.1, 0.15) is 23.1 Å². The van der Waals surface area contributed by atoms with Crippen molar-refractivity contribution in [1.29, 1.82) is 0 Å². The number of nitrogens with one attached hydrogen (secondary N) is 2. The average molecular weight is 388 g/mol. The normalized spacial score (nSPS) is 10.5. The van der Waals surface area contributed by atoms with E-state index in [-0.39, 0.29) is 11.6 Å². The molecule has 7 nitrogen and oxygen atoms in total. The molecule has 3 rings (SSSR count). The van der Waals surface area contributed by atoms with Crippen LogP contribution < -0.4 is 10.6 Å². The van der Waals surface area contributed by atoms with E-state index in [4.69, 9.17) is 4.52 Å². The molecule has 2 N–H and O–H groups in total. The third-order valence-corrected chi connectivity index (χ3v) is 3.59. The fraction of sp³-hybridized carbons (Fsp3) is 0.125. The van der Waals surface area contributed by atoms with E-state index in [2.05, 4.69) is 41.7 Å². The van der Waals surface area contributed by atoms with Crippen molar-refractivity contribution in [2.24, 2.45) is 0 Å². The van der Waals surface area contributed by atoms with E-state index in [0.29, 0.717) is 28.9 Å². The van der Waals surface area contributed by atoms with Crippen molar-refractivity contribution in [3.8, 4) is 0 Å². The van der Waals surface area contributed by atoms with E-state index in [9.17, 15) is 4.79 Å². The number of benzene rings is 1. The molecule has 0 unspecified atom stereocenters. The van der Waals surface area contributed by atoms with E-state index >= 15 is 0 Å². The van der Waals surface area contributed by atoms with Gasteiger partial charge in [-0.25, -0.2) is 9.97 Å². The third kappa shape index (κ3) is 3.96. The first-order valence-electron chi connectivity index (χ1n) is 7.12. The lowest BCUT2D eigenvalue weighted by molar-refractivity contribution is 0.102. The molecule has 3 aromatic rings. The zero-order valence-electron chi connectivity index (χ0n) is 13.0. The molecule has 0 atom stereocenters. The van der Waals surface area contributed by atoms with E-state index in [0.717, 1.165) is 4.47 Å². The second kappa shape index (κ2) is 6.79. The molecule has 2 aromatic heterocycles. The van der Waals surface area contributed by atoms with Crippen LogP contribution in [-0.2, 0) is 0 Å². The first kappa shape index (κ1) is 16.1. The average Bonchev–Trinajstić information content (AvgIpc) is 2.94. The SMILES string of the molecule is Cc1nc(Nc2cc(C)on2)cc(C(=O)Nc2ccc(Br)cc2)n1. The molecule has 122 valence electrons. The summed E-state index contributed by atoms with van der Waals surface area (Å²) in [6.07, 6.45) is 0. The van der Waals surface area contributed by atoms with Gasteiger partial charge in [0.05, 0.1) is 0 Å². The molecule has 0 spiro atoms. The molecule has 8 heteroatoms. The number of carbonyl (C=O) groups is 1. The molecule has 0 aliphatic heterocycles. The van der Waals surface area contributed by atoms with Crippen molar-refractivity contribution in [3.63, 3.8) is 0 Å². The fourth-order valence-corrected chi connectivity index (χ4v) is 2.30. The summed E-state index contributed by atoms with van der Waals surface area (Å²) in [7, 11) is 0. The summed E-state index contributed by atoms with van der Waals surface area (Å²) in [5.41, 5.74) is 0.939. The van der Waals surface area contributed by atoms with Crippen molar-refractivity contribution in [1.82, 2.24) is 15.1 Å². The highest BCUT2D eigenvalue weighted by atomic mass is 79.9. The van der Waals surface area contributed by atoms with Crippen LogP contribution in [0.15, 0.2) is 45.4 Å². The Morgan fingerprint density at radius 2 is 1.83 bits per heavy atom. The number of anilines is 3. The second-order valence-corrected chi connectivity index (χ2v) is 6.01. The topological polar surface area (TPSA) is 92.9 Å². The maximum absolute atomic E-state index is 12.4. The predicted molar refractivity (Wildman–Crippen MR) is 93.4 cm³/mol. The summed E-state index contributed by atoms with van der Waals surface area (Å²) in [4.78, 5) is 20.8. The van der Waals surface area contributed by atoms with Gasteiger partial charge in [0, 0.05) is 22.3 Å². The van der Waals surface area contributed by atoms with Gasteiger partial charge in [-0.05, 0) is 38.1 Å². The summed E-state index contributed by atoms with van der Waals surface area (Å²) in [6, 6.07) is 10.6. The maximum atomic E-state index is 12.4. The summed E-state index contributed by atoms with van der Waals surface area (Å²) in [6.45, 7) is 3.51. The van der Waals surface area contributed by atoms with Crippen LogP contribution in [-0.4, -0.2) is 21.0 Å². The quantitative estimate of drug-likeness (QED) is 0.706. The molecule has 0 bridgehead atoms. The smallest absolute Gasteiger partial charge is 0.274 e. The minimum absolute atomic E-state index is 0.258. The molecule has 2 heterocycles. The van der Waals surface area contributed by atoms with Gasteiger partial charge in [0.15, 0.2) is 5.82 Å². The number of amides is 1. The molecule has 1 amide bonds. The van der Waals surface area contributed by atoms with Crippen LogP contribution in [0.1, 0.15) is 22.1 Å². The van der Waals surface area contributed by atoms with Crippen molar-refractivity contribution >= 4 is 39.2 Å². The highest BCUT2D eigenvalue weighted by Gasteiger charge is 2.12. The van der Waals surface area contributed by atoms with Crippen LogP contribution in [0.2, 0.25) is 0 Å². The van der Waals surface area contributed by atoms with E-state index in [1.54, 1.807) is 38.1 Å². The summed E-state index contributed by atoms with van der Waals surface area (Å²) in [5, 5.41) is 9.63. The Balaban J connectivity index is 1.79. The number of aromatic nitrogens is 3. The van der Waals surface area contributed by atoms with Gasteiger partial charge in [-0.2, -0.15) is 0 Å². The maximum Gasteiger partial charge on any atom is 0.274 e. The zero-order valence-corrected chi connectivity index (χ0v) is 14.6. The Morgan fingerprint density at radius 3 is 2.50 bits per heavy atom. The van der Waals surface area contributed by atoms with E-state index in [1.165, 1.54) is 0 Å². The van der Waals surface area contributed by atoms with Gasteiger partial charge >= 0.3 is 0 Å². The highest BCUT2D eigenvalue weighted by molar-refractivity contribution is 9.10. The number of halogens is 1. The summed E-state index contributed by atoms with van der Waals surface area (Å²) in [5.74, 6) is 1.82. The number of rotatable bonds is 4. The molecule has 0 saturated heterocycles. The minimum atomic E-state index is -0.317. The lowest BCUT2D eigenvalue weighted by Crippen LogP contribution is -2.15. The lowest BCUT2D eigenvalue weighted by atomic mass is 10.3. The largest absolute Gasteiger partial charge is 0.360 e. The van der Waals surface area contributed by atoms with Crippen LogP contribution in [0, 0.1) is 13.8 Å². The third-order valence-electron chi connectivity index (χ3n) is 3.06. The Hall–Kier alpha value is -2.74. The standard InChI is InChI=1S/C16H14BrN5O2/c1-9-7-15(22-24-9)21-14-8-13(18-10(2)19-14)16(23)20-12-5-3-11(17)4-6-12/h3-8H,1-2H3,(H,20,23)(H,18,19,21,22). The monoisotopic (exact) mass is 387 g/mol. The van der Waals surface area contributed by atoms with E-state index in [1.807, 2.05) is 12.1 Å². The van der Waals surface area contributed by atoms with E-state index < -0.39 is 0 Å². The minimum Gasteiger partial charge on any atom is -0.360 e. The molecule has 0 saturated carbocycles. The van der Waals surface area contributed by atoms with Crippen molar-refractivity contribution < 1.29 is 9.32 Å². The van der Waals surface area contributed by atoms with Crippen LogP contribution in [0.3, 0.4) is 0 Å². The van der Waals surface area contributed by atoms with Crippen LogP contribution >= 0.6 is 15.9 Å². The van der Waals surface area contributed by atoms with Gasteiger partial charge in [0.2, 0.25) is 0 Å². The number of hydrogen-bond donors (Lipinski definition) is 2. The number of nitrogens with zero attached hydrogens (tertiary/aromatic N) is 3. The number of carbonyl (C=O) groups excluding carboxylic acids is 1.